The minimum absolute atomic E-state index is 0.788. The predicted octanol–water partition coefficient (Wildman–Crippen LogP) is 2.95. The third-order valence-corrected chi connectivity index (χ3v) is 3.31. The predicted molar refractivity (Wildman–Crippen MR) is 86.6 cm³/mol. The number of rotatable bonds is 6. The summed E-state index contributed by atoms with van der Waals surface area (Å²) < 4.78 is 0. The second-order valence-electron chi connectivity index (χ2n) is 5.21. The molecule has 0 unspecified atom stereocenters. The minimum Gasteiger partial charge on any atom is -0.370 e. The zero-order valence-electron chi connectivity index (χ0n) is 13.2. The van der Waals surface area contributed by atoms with Gasteiger partial charge in [0, 0.05) is 38.1 Å². The molecule has 0 amide bonds. The van der Waals surface area contributed by atoms with Crippen molar-refractivity contribution >= 4 is 11.6 Å². The van der Waals surface area contributed by atoms with Crippen molar-refractivity contribution in [2.75, 3.05) is 23.8 Å². The van der Waals surface area contributed by atoms with Gasteiger partial charge in [0.2, 0.25) is 0 Å². The molecule has 0 aliphatic carbocycles. The number of pyridine rings is 1. The van der Waals surface area contributed by atoms with Crippen LogP contribution < -0.4 is 10.2 Å². The summed E-state index contributed by atoms with van der Waals surface area (Å²) in [5.74, 6) is 2.69. The highest BCUT2D eigenvalue weighted by molar-refractivity contribution is 5.58. The first-order chi connectivity index (χ1) is 10.1. The zero-order valence-corrected chi connectivity index (χ0v) is 13.2. The lowest BCUT2D eigenvalue weighted by molar-refractivity contribution is 0.864. The summed E-state index contributed by atoms with van der Waals surface area (Å²) in [5, 5.41) is 3.37. The van der Waals surface area contributed by atoms with Crippen LogP contribution in [0.4, 0.5) is 11.6 Å². The number of hydrogen-bond acceptors (Lipinski definition) is 5. The van der Waals surface area contributed by atoms with Crippen LogP contribution in [-0.2, 0) is 6.54 Å². The molecule has 0 bridgehead atoms. The van der Waals surface area contributed by atoms with Gasteiger partial charge in [-0.3, -0.25) is 4.98 Å². The first kappa shape index (κ1) is 15.2. The first-order valence-electron chi connectivity index (χ1n) is 7.31. The van der Waals surface area contributed by atoms with Crippen LogP contribution in [0.2, 0.25) is 0 Å². The average molecular weight is 285 g/mol. The molecule has 0 atom stereocenters. The Kier molecular flexibility index (Phi) is 5.09. The van der Waals surface area contributed by atoms with E-state index in [2.05, 4.69) is 46.1 Å². The molecular weight excluding hydrogens is 262 g/mol. The van der Waals surface area contributed by atoms with Crippen molar-refractivity contribution in [3.8, 4) is 0 Å². The summed E-state index contributed by atoms with van der Waals surface area (Å²) in [6.45, 7) is 7.86. The summed E-state index contributed by atoms with van der Waals surface area (Å²) in [4.78, 5) is 15.3. The van der Waals surface area contributed by atoms with E-state index in [1.54, 1.807) is 0 Å². The molecule has 0 aliphatic heterocycles. The first-order valence-corrected chi connectivity index (χ1v) is 7.31. The number of nitrogens with one attached hydrogen (secondary N) is 1. The molecular formula is C16H23N5. The molecule has 0 saturated carbocycles. The Morgan fingerprint density at radius 2 is 1.86 bits per heavy atom. The van der Waals surface area contributed by atoms with Gasteiger partial charge >= 0.3 is 0 Å². The maximum atomic E-state index is 4.60. The van der Waals surface area contributed by atoms with E-state index in [9.17, 15) is 0 Å². The maximum absolute atomic E-state index is 4.60. The minimum atomic E-state index is 0.788. The van der Waals surface area contributed by atoms with Crippen LogP contribution in [0.5, 0.6) is 0 Å². The Hall–Kier alpha value is -2.17. The van der Waals surface area contributed by atoms with Crippen LogP contribution in [0.25, 0.3) is 0 Å². The van der Waals surface area contributed by atoms with Crippen molar-refractivity contribution in [2.45, 2.75) is 33.7 Å². The molecule has 5 heteroatoms. The van der Waals surface area contributed by atoms with Gasteiger partial charge in [-0.2, -0.15) is 0 Å². The second kappa shape index (κ2) is 7.02. The zero-order chi connectivity index (χ0) is 15.2. The third-order valence-electron chi connectivity index (χ3n) is 3.31. The van der Waals surface area contributed by atoms with E-state index in [1.165, 1.54) is 5.56 Å². The monoisotopic (exact) mass is 285 g/mol. The molecule has 112 valence electrons. The van der Waals surface area contributed by atoms with Gasteiger partial charge in [-0.05, 0) is 38.0 Å². The van der Waals surface area contributed by atoms with Gasteiger partial charge in [-0.1, -0.05) is 6.92 Å². The molecule has 0 fully saturated rings. The van der Waals surface area contributed by atoms with E-state index in [0.29, 0.717) is 0 Å². The van der Waals surface area contributed by atoms with E-state index in [-0.39, 0.29) is 0 Å². The Morgan fingerprint density at radius 3 is 2.52 bits per heavy atom. The summed E-state index contributed by atoms with van der Waals surface area (Å²) in [7, 11) is 2.05. The van der Waals surface area contributed by atoms with Crippen molar-refractivity contribution in [1.82, 2.24) is 15.0 Å². The van der Waals surface area contributed by atoms with Crippen molar-refractivity contribution in [1.29, 1.82) is 0 Å². The van der Waals surface area contributed by atoms with Gasteiger partial charge in [0.05, 0.1) is 0 Å². The molecule has 2 aromatic rings. The smallest absolute Gasteiger partial charge is 0.137 e. The normalized spacial score (nSPS) is 10.5. The lowest BCUT2D eigenvalue weighted by atomic mass is 10.2. The number of hydrogen-bond donors (Lipinski definition) is 1. The quantitative estimate of drug-likeness (QED) is 0.884. The van der Waals surface area contributed by atoms with Crippen LogP contribution in [-0.4, -0.2) is 28.5 Å². The van der Waals surface area contributed by atoms with Crippen molar-refractivity contribution in [2.24, 2.45) is 0 Å². The maximum Gasteiger partial charge on any atom is 0.137 e. The number of aryl methyl sites for hydroxylation is 1. The van der Waals surface area contributed by atoms with E-state index in [4.69, 9.17) is 0 Å². The Bertz CT molecular complexity index is 583. The SMILES string of the molecule is CCCNc1nc(C)nc(N(C)Cc2ccncc2)c1C. The van der Waals surface area contributed by atoms with E-state index in [0.717, 1.165) is 42.5 Å². The molecule has 0 aromatic carbocycles. The van der Waals surface area contributed by atoms with Crippen LogP contribution in [0.15, 0.2) is 24.5 Å². The largest absolute Gasteiger partial charge is 0.370 e. The number of nitrogens with zero attached hydrogens (tertiary/aromatic N) is 4. The Morgan fingerprint density at radius 1 is 1.14 bits per heavy atom. The van der Waals surface area contributed by atoms with Crippen LogP contribution in [0, 0.1) is 13.8 Å². The van der Waals surface area contributed by atoms with Crippen molar-refractivity contribution in [3.05, 3.63) is 41.5 Å². The summed E-state index contributed by atoms with van der Waals surface area (Å²) in [6.07, 6.45) is 4.70. The standard InChI is InChI=1S/C16H23N5/c1-5-8-18-15-12(2)16(20-13(3)19-15)21(4)11-14-6-9-17-10-7-14/h6-7,9-10H,5,8,11H2,1-4H3,(H,18,19,20). The fourth-order valence-corrected chi connectivity index (χ4v) is 2.24. The highest BCUT2D eigenvalue weighted by atomic mass is 15.2. The molecule has 2 rings (SSSR count). The fraction of sp³-hybridized carbons (Fsp3) is 0.438. The topological polar surface area (TPSA) is 53.9 Å². The van der Waals surface area contributed by atoms with Gasteiger partial charge in [0.1, 0.15) is 17.5 Å². The fourth-order valence-electron chi connectivity index (χ4n) is 2.24. The third kappa shape index (κ3) is 3.90. The van der Waals surface area contributed by atoms with Gasteiger partial charge in [-0.25, -0.2) is 9.97 Å². The second-order valence-corrected chi connectivity index (χ2v) is 5.21. The molecule has 0 radical (unpaired) electrons. The molecule has 1 N–H and O–H groups in total. The molecule has 21 heavy (non-hydrogen) atoms. The summed E-state index contributed by atoms with van der Waals surface area (Å²) >= 11 is 0. The molecule has 0 saturated heterocycles. The van der Waals surface area contributed by atoms with Crippen LogP contribution >= 0.6 is 0 Å². The summed E-state index contributed by atoms with van der Waals surface area (Å²) in [5.41, 5.74) is 2.30. The number of anilines is 2. The van der Waals surface area contributed by atoms with Gasteiger partial charge in [0.15, 0.2) is 0 Å². The molecule has 0 spiro atoms. The van der Waals surface area contributed by atoms with Crippen molar-refractivity contribution in [3.63, 3.8) is 0 Å². The molecule has 2 heterocycles. The van der Waals surface area contributed by atoms with E-state index >= 15 is 0 Å². The van der Waals surface area contributed by atoms with E-state index in [1.807, 2.05) is 31.5 Å². The van der Waals surface area contributed by atoms with Crippen LogP contribution in [0.1, 0.15) is 30.3 Å². The van der Waals surface area contributed by atoms with Crippen LogP contribution in [0.3, 0.4) is 0 Å². The molecule has 2 aromatic heterocycles. The molecule has 5 nitrogen and oxygen atoms in total. The summed E-state index contributed by atoms with van der Waals surface area (Å²) in [6, 6.07) is 4.05. The Balaban J connectivity index is 2.23. The molecule has 0 aliphatic rings. The van der Waals surface area contributed by atoms with Crippen molar-refractivity contribution < 1.29 is 0 Å². The average Bonchev–Trinajstić information content (AvgIpc) is 2.48. The van der Waals surface area contributed by atoms with E-state index < -0.39 is 0 Å². The number of aromatic nitrogens is 3. The van der Waals surface area contributed by atoms with Gasteiger partial charge in [0.25, 0.3) is 0 Å². The van der Waals surface area contributed by atoms with Gasteiger partial charge < -0.3 is 10.2 Å². The lowest BCUT2D eigenvalue weighted by Crippen LogP contribution is -2.20. The highest BCUT2D eigenvalue weighted by Crippen LogP contribution is 2.23. The highest BCUT2D eigenvalue weighted by Gasteiger charge is 2.13. The van der Waals surface area contributed by atoms with Gasteiger partial charge in [-0.15, -0.1) is 0 Å². The Labute approximate surface area is 126 Å². The lowest BCUT2D eigenvalue weighted by Gasteiger charge is -2.22.